The van der Waals surface area contributed by atoms with Crippen molar-refractivity contribution in [2.24, 2.45) is 35.5 Å². The fourth-order valence-corrected chi connectivity index (χ4v) is 16.3. The predicted octanol–water partition coefficient (Wildman–Crippen LogP) is 20.6. The van der Waals surface area contributed by atoms with E-state index in [1.54, 1.807) is 0 Å². The zero-order valence-corrected chi connectivity index (χ0v) is 65.5. The second-order valence-corrected chi connectivity index (χ2v) is 33.3. The van der Waals surface area contributed by atoms with Crippen LogP contribution in [0.1, 0.15) is 295 Å². The van der Waals surface area contributed by atoms with Gasteiger partial charge in [0.25, 0.3) is 0 Å². The Kier molecular flexibility index (Phi) is 39.4. The van der Waals surface area contributed by atoms with Crippen LogP contribution in [0.3, 0.4) is 0 Å². The molecule has 0 aromatic heterocycles. The quantitative estimate of drug-likeness (QED) is 0.0269. The number of ether oxygens (including phenoxy) is 6. The van der Waals surface area contributed by atoms with Gasteiger partial charge in [0, 0.05) is 53.9 Å². The van der Waals surface area contributed by atoms with Crippen molar-refractivity contribution in [3.63, 3.8) is 0 Å². The summed E-state index contributed by atoms with van der Waals surface area (Å²) < 4.78 is 36.8. The number of nitrogens with zero attached hydrogens (tertiary/aromatic N) is 2. The molecule has 0 radical (unpaired) electrons. The second-order valence-electron chi connectivity index (χ2n) is 30.7. The molecule has 2 heterocycles. The van der Waals surface area contributed by atoms with E-state index in [-0.39, 0.29) is 48.8 Å². The molecule has 2 aliphatic rings. The van der Waals surface area contributed by atoms with Gasteiger partial charge >= 0.3 is 23.9 Å². The number of carbonyl (C=O) groups is 4. The van der Waals surface area contributed by atoms with Crippen LogP contribution in [0.5, 0.6) is 23.0 Å². The zero-order valence-electron chi connectivity index (χ0n) is 63.8. The van der Waals surface area contributed by atoms with Gasteiger partial charge in [0.05, 0.1) is 38.9 Å². The Morgan fingerprint density at radius 3 is 1.09 bits per heavy atom. The van der Waals surface area contributed by atoms with Crippen LogP contribution in [0.15, 0.2) is 0 Å². The molecule has 6 unspecified atom stereocenters. The van der Waals surface area contributed by atoms with Crippen LogP contribution in [0.2, 0.25) is 0 Å². The maximum Gasteiger partial charge on any atom is 0.311 e. The fraction of sp³-hybridized carbons (Fsp3) is 0.802. The molecule has 95 heavy (non-hydrogen) atoms. The molecular formula is C81H138N2O10S2. The van der Waals surface area contributed by atoms with Crippen molar-refractivity contribution in [1.29, 1.82) is 0 Å². The number of carbonyl (C=O) groups excluding carboxylic acids is 4. The Labute approximate surface area is 589 Å². The molecule has 0 fully saturated rings. The van der Waals surface area contributed by atoms with Crippen molar-refractivity contribution in [1.82, 2.24) is 9.80 Å². The van der Waals surface area contributed by atoms with E-state index in [0.717, 1.165) is 212 Å². The Bertz CT molecular complexity index is 2430. The van der Waals surface area contributed by atoms with E-state index < -0.39 is 11.9 Å². The minimum absolute atomic E-state index is 0.0107. The number of esters is 4. The van der Waals surface area contributed by atoms with Gasteiger partial charge in [-0.1, -0.05) is 159 Å². The maximum absolute atomic E-state index is 13.2. The van der Waals surface area contributed by atoms with Gasteiger partial charge in [-0.15, -0.1) is 23.5 Å². The molecule has 14 heteroatoms. The molecule has 2 aliphatic heterocycles. The molecule has 544 valence electrons. The van der Waals surface area contributed by atoms with Crippen LogP contribution >= 0.6 is 23.5 Å². The van der Waals surface area contributed by atoms with E-state index >= 15 is 0 Å². The van der Waals surface area contributed by atoms with Gasteiger partial charge in [-0.25, -0.2) is 0 Å². The van der Waals surface area contributed by atoms with Crippen molar-refractivity contribution in [3.8, 4) is 23.0 Å². The number of thioether (sulfide) groups is 2. The summed E-state index contributed by atoms with van der Waals surface area (Å²) in [6.45, 7) is 46.2. The molecule has 4 rings (SSSR count). The summed E-state index contributed by atoms with van der Waals surface area (Å²) in [6.07, 6.45) is 28.0. The molecule has 0 saturated carbocycles. The highest BCUT2D eigenvalue weighted by atomic mass is 32.2. The molecule has 2 aromatic carbocycles. The second kappa shape index (κ2) is 44.6. The third-order valence-corrected chi connectivity index (χ3v) is 23.4. The number of hydrogen-bond acceptors (Lipinski definition) is 14. The molecule has 6 atom stereocenters. The van der Waals surface area contributed by atoms with Gasteiger partial charge in [0.1, 0.15) is 34.2 Å². The van der Waals surface area contributed by atoms with Gasteiger partial charge in [0.2, 0.25) is 0 Å². The molecule has 2 aromatic rings. The first kappa shape index (κ1) is 84.0. The molecule has 0 bridgehead atoms. The number of benzene rings is 2. The van der Waals surface area contributed by atoms with Gasteiger partial charge in [0.15, 0.2) is 0 Å². The van der Waals surface area contributed by atoms with Crippen LogP contribution in [0.25, 0.3) is 0 Å². The van der Waals surface area contributed by atoms with E-state index in [0.29, 0.717) is 24.7 Å². The largest absolute Gasteiger partial charge is 0.487 e. The van der Waals surface area contributed by atoms with Crippen LogP contribution in [0.4, 0.5) is 0 Å². The summed E-state index contributed by atoms with van der Waals surface area (Å²) in [5.41, 5.74) is 7.62. The van der Waals surface area contributed by atoms with E-state index in [1.807, 2.05) is 51.2 Å². The van der Waals surface area contributed by atoms with Gasteiger partial charge in [-0.2, -0.15) is 0 Å². The number of hydrogen-bond donors (Lipinski definition) is 0. The number of fused-ring (bicyclic) bond motifs is 2. The minimum Gasteiger partial charge on any atom is -0.487 e. The van der Waals surface area contributed by atoms with Crippen molar-refractivity contribution in [2.45, 2.75) is 316 Å². The normalized spacial score (nSPS) is 17.5. The number of rotatable bonds is 50. The first-order chi connectivity index (χ1) is 45.2. The van der Waals surface area contributed by atoms with E-state index in [4.69, 9.17) is 28.4 Å². The predicted molar refractivity (Wildman–Crippen MR) is 400 cm³/mol. The fourth-order valence-electron chi connectivity index (χ4n) is 14.1. The maximum atomic E-state index is 13.2. The van der Waals surface area contributed by atoms with Crippen LogP contribution in [-0.4, -0.2) is 114 Å². The SMILES string of the molecule is CCN(CCCOC(=O)CCC(=O)Oc1c(C)c(C)c2c(c1C)CCC(C)(CCCC(C)CCCC(C)CCCC(C)C)O2)CCSCSCCN(CC)CCCOC(=O)CCC(=O)Oc1c(C)c(C)c2c(c1C)CCC(C)(CCCC(C)CCCC(C)CCCC(C)C)O2. The zero-order chi connectivity index (χ0) is 70.1. The summed E-state index contributed by atoms with van der Waals surface area (Å²) in [7, 11) is 0. The van der Waals surface area contributed by atoms with Crippen LogP contribution in [0, 0.1) is 77.0 Å². The molecule has 0 saturated heterocycles. The van der Waals surface area contributed by atoms with Crippen LogP contribution < -0.4 is 18.9 Å². The van der Waals surface area contributed by atoms with Crippen LogP contribution in [-0.2, 0) is 41.5 Å². The van der Waals surface area contributed by atoms with Crippen molar-refractivity contribution in [2.75, 3.05) is 69.1 Å². The Hall–Kier alpha value is -3.46. The van der Waals surface area contributed by atoms with Gasteiger partial charge in [-0.3, -0.25) is 19.2 Å². The summed E-state index contributed by atoms with van der Waals surface area (Å²) in [4.78, 5) is 56.6. The standard InChI is InChI=1S/C81H138N2O10S2/c1-19-82(49-27-53-88-72(84)39-41-74(86)90-76-64(11)66(13)78-70(68(76)15)43-47-80(17,92-78)45-25-37-62(9)35-23-33-60(7)31-21-29-58(3)4)51-55-94-57-95-56-52-83(20-2)50-28-54-89-73(85)40-42-75(87)91-77-65(12)67(14)79-71(69(77)16)44-48-81(18,93-79)46-26-38-63(10)36-24-34-61(8)32-22-30-59(5)6/h58-63H,19-57H2,1-18H3. The molecule has 0 spiro atoms. The average molecular weight is 1360 g/mol. The lowest BCUT2D eigenvalue weighted by atomic mass is 9.83. The third kappa shape index (κ3) is 31.3. The molecule has 0 aliphatic carbocycles. The average Bonchev–Trinajstić information content (AvgIpc) is 0.779. The summed E-state index contributed by atoms with van der Waals surface area (Å²) in [5.74, 6) is 8.28. The third-order valence-electron chi connectivity index (χ3n) is 21.1. The molecule has 0 N–H and O–H groups in total. The smallest absolute Gasteiger partial charge is 0.311 e. The lowest BCUT2D eigenvalue weighted by Crippen LogP contribution is -2.37. The van der Waals surface area contributed by atoms with Crippen molar-refractivity contribution < 1.29 is 47.6 Å². The molecule has 12 nitrogen and oxygen atoms in total. The highest BCUT2D eigenvalue weighted by Crippen LogP contribution is 2.47. The summed E-state index contributed by atoms with van der Waals surface area (Å²) in [5, 5.41) is 1.02. The Balaban J connectivity index is 1.02. The minimum atomic E-state index is -0.423. The summed E-state index contributed by atoms with van der Waals surface area (Å²) >= 11 is 3.88. The van der Waals surface area contributed by atoms with E-state index in [9.17, 15) is 19.2 Å². The van der Waals surface area contributed by atoms with Gasteiger partial charge < -0.3 is 38.2 Å². The highest BCUT2D eigenvalue weighted by molar-refractivity contribution is 8.16. The van der Waals surface area contributed by atoms with Crippen molar-refractivity contribution >= 4 is 47.4 Å². The van der Waals surface area contributed by atoms with Crippen molar-refractivity contribution in [3.05, 3.63) is 44.5 Å². The summed E-state index contributed by atoms with van der Waals surface area (Å²) in [6, 6.07) is 0. The first-order valence-corrected chi connectivity index (χ1v) is 40.4. The van der Waals surface area contributed by atoms with E-state index in [2.05, 4.69) is 107 Å². The van der Waals surface area contributed by atoms with Gasteiger partial charge in [-0.05, 0) is 202 Å². The Morgan fingerprint density at radius 2 is 0.758 bits per heavy atom. The molecular weight excluding hydrogens is 1230 g/mol. The molecule has 0 amide bonds. The Morgan fingerprint density at radius 1 is 0.432 bits per heavy atom. The highest BCUT2D eigenvalue weighted by Gasteiger charge is 2.37. The first-order valence-electron chi connectivity index (χ1n) is 38.1. The topological polar surface area (TPSA) is 130 Å². The monoisotopic (exact) mass is 1360 g/mol. The lowest BCUT2D eigenvalue weighted by molar-refractivity contribution is -0.147. The lowest BCUT2D eigenvalue weighted by Gasteiger charge is -2.38. The van der Waals surface area contributed by atoms with E-state index in [1.165, 1.54) is 89.9 Å².